The van der Waals surface area contributed by atoms with Gasteiger partial charge in [-0.15, -0.1) is 0 Å². The van der Waals surface area contributed by atoms with E-state index in [1.807, 2.05) is 0 Å². The number of hydrogen-bond acceptors (Lipinski definition) is 4. The van der Waals surface area contributed by atoms with Crippen molar-refractivity contribution in [2.24, 2.45) is 0 Å². The van der Waals surface area contributed by atoms with Gasteiger partial charge in [-0.3, -0.25) is 0 Å². The number of ether oxygens (including phenoxy) is 1. The van der Waals surface area contributed by atoms with Crippen LogP contribution in [0.4, 0.5) is 13.2 Å². The fourth-order valence-corrected chi connectivity index (χ4v) is 1.44. The standard InChI is InChI=1S/C12H8F3NO4/c13-8-1-6(2-9(14)11(8)15)4-19-5-7-3-10(12(17)18)16-20-7/h1-3H,4-5H2,(H,17,18). The maximum absolute atomic E-state index is 12.9. The summed E-state index contributed by atoms with van der Waals surface area (Å²) in [6.07, 6.45) is 0. The molecule has 8 heteroatoms. The lowest BCUT2D eigenvalue weighted by atomic mass is 10.2. The first-order valence-electron chi connectivity index (χ1n) is 5.37. The lowest BCUT2D eigenvalue weighted by Crippen LogP contribution is -1.98. The molecule has 1 aromatic carbocycles. The van der Waals surface area contributed by atoms with Gasteiger partial charge in [0.25, 0.3) is 0 Å². The summed E-state index contributed by atoms with van der Waals surface area (Å²) in [5, 5.41) is 11.9. The molecule has 0 aliphatic carbocycles. The highest BCUT2D eigenvalue weighted by Gasteiger charge is 2.12. The number of halogens is 3. The Bertz CT molecular complexity index is 618. The zero-order valence-electron chi connectivity index (χ0n) is 9.90. The molecule has 0 amide bonds. The van der Waals surface area contributed by atoms with E-state index in [1.165, 1.54) is 0 Å². The minimum atomic E-state index is -1.55. The normalized spacial score (nSPS) is 10.8. The van der Waals surface area contributed by atoms with Gasteiger partial charge >= 0.3 is 5.97 Å². The first kappa shape index (κ1) is 14.1. The molecule has 0 saturated heterocycles. The molecular weight excluding hydrogens is 279 g/mol. The molecule has 0 atom stereocenters. The topological polar surface area (TPSA) is 72.6 Å². The summed E-state index contributed by atoms with van der Waals surface area (Å²) in [6, 6.07) is 2.77. The van der Waals surface area contributed by atoms with E-state index in [4.69, 9.17) is 9.84 Å². The maximum Gasteiger partial charge on any atom is 0.358 e. The highest BCUT2D eigenvalue weighted by molar-refractivity contribution is 5.85. The highest BCUT2D eigenvalue weighted by atomic mass is 19.2. The minimum Gasteiger partial charge on any atom is -0.476 e. The summed E-state index contributed by atoms with van der Waals surface area (Å²) in [6.45, 7) is -0.335. The fourth-order valence-electron chi connectivity index (χ4n) is 1.44. The summed E-state index contributed by atoms with van der Waals surface area (Å²) in [5.74, 6) is -5.27. The lowest BCUT2D eigenvalue weighted by molar-refractivity contribution is 0.0683. The van der Waals surface area contributed by atoms with Crippen molar-refractivity contribution in [2.75, 3.05) is 0 Å². The van der Waals surface area contributed by atoms with Crippen molar-refractivity contribution in [1.29, 1.82) is 0 Å². The molecule has 0 spiro atoms. The van der Waals surface area contributed by atoms with Crippen LogP contribution in [0.5, 0.6) is 0 Å². The molecule has 20 heavy (non-hydrogen) atoms. The van der Waals surface area contributed by atoms with Crippen molar-refractivity contribution >= 4 is 5.97 Å². The maximum atomic E-state index is 12.9. The van der Waals surface area contributed by atoms with Crippen LogP contribution in [-0.4, -0.2) is 16.2 Å². The van der Waals surface area contributed by atoms with Crippen LogP contribution in [0.15, 0.2) is 22.7 Å². The van der Waals surface area contributed by atoms with E-state index in [0.717, 1.165) is 18.2 Å². The second kappa shape index (κ2) is 5.74. The molecule has 0 bridgehead atoms. The lowest BCUT2D eigenvalue weighted by Gasteiger charge is -2.03. The van der Waals surface area contributed by atoms with Crippen LogP contribution < -0.4 is 0 Å². The summed E-state index contributed by atoms with van der Waals surface area (Å²) in [4.78, 5) is 10.5. The van der Waals surface area contributed by atoms with Gasteiger partial charge in [-0.2, -0.15) is 0 Å². The van der Waals surface area contributed by atoms with E-state index in [9.17, 15) is 18.0 Å². The Morgan fingerprint density at radius 1 is 1.20 bits per heavy atom. The summed E-state index contributed by atoms with van der Waals surface area (Å²) < 4.78 is 48.3. The number of benzene rings is 1. The molecule has 106 valence electrons. The Balaban J connectivity index is 1.94. The van der Waals surface area contributed by atoms with Crippen molar-refractivity contribution in [2.45, 2.75) is 13.2 Å². The van der Waals surface area contributed by atoms with E-state index >= 15 is 0 Å². The van der Waals surface area contributed by atoms with Gasteiger partial charge in [0.1, 0.15) is 6.61 Å². The molecule has 1 heterocycles. The van der Waals surface area contributed by atoms with Gasteiger partial charge in [0.05, 0.1) is 6.61 Å². The Kier molecular flexibility index (Phi) is 4.04. The van der Waals surface area contributed by atoms with E-state index in [-0.39, 0.29) is 30.2 Å². The molecule has 5 nitrogen and oxygen atoms in total. The average Bonchev–Trinajstić information content (AvgIpc) is 2.85. The van der Waals surface area contributed by atoms with E-state index < -0.39 is 23.4 Å². The molecule has 1 N–H and O–H groups in total. The Morgan fingerprint density at radius 2 is 1.85 bits per heavy atom. The molecule has 0 saturated carbocycles. The van der Waals surface area contributed by atoms with Crippen LogP contribution in [0.1, 0.15) is 21.8 Å². The fraction of sp³-hybridized carbons (Fsp3) is 0.167. The number of carboxylic acid groups (broad SMARTS) is 1. The van der Waals surface area contributed by atoms with Gasteiger partial charge in [0.15, 0.2) is 28.9 Å². The molecule has 0 radical (unpaired) electrons. The number of rotatable bonds is 5. The number of hydrogen-bond donors (Lipinski definition) is 1. The third-order valence-corrected chi connectivity index (χ3v) is 2.33. The van der Waals surface area contributed by atoms with E-state index in [2.05, 4.69) is 9.68 Å². The number of nitrogens with zero attached hydrogens (tertiary/aromatic N) is 1. The third kappa shape index (κ3) is 3.15. The molecule has 2 rings (SSSR count). The number of carbonyl (C=O) groups is 1. The van der Waals surface area contributed by atoms with Crippen LogP contribution in [0.25, 0.3) is 0 Å². The smallest absolute Gasteiger partial charge is 0.358 e. The van der Waals surface area contributed by atoms with E-state index in [1.54, 1.807) is 0 Å². The Hall–Kier alpha value is -2.35. The number of carboxylic acids is 1. The molecule has 0 fully saturated rings. The molecule has 1 aromatic heterocycles. The van der Waals surface area contributed by atoms with Gasteiger partial charge in [-0.1, -0.05) is 5.16 Å². The second-order valence-electron chi connectivity index (χ2n) is 3.85. The van der Waals surface area contributed by atoms with Gasteiger partial charge in [0.2, 0.25) is 0 Å². The number of aromatic nitrogens is 1. The summed E-state index contributed by atoms with van der Waals surface area (Å²) in [7, 11) is 0. The van der Waals surface area contributed by atoms with Gasteiger partial charge in [0, 0.05) is 6.07 Å². The highest BCUT2D eigenvalue weighted by Crippen LogP contribution is 2.15. The molecule has 2 aromatic rings. The van der Waals surface area contributed by atoms with Crippen molar-refractivity contribution in [3.63, 3.8) is 0 Å². The zero-order chi connectivity index (χ0) is 14.7. The quantitative estimate of drug-likeness (QED) is 0.855. The summed E-state index contributed by atoms with van der Waals surface area (Å²) in [5.41, 5.74) is -0.179. The van der Waals surface area contributed by atoms with Crippen LogP contribution >= 0.6 is 0 Å². The van der Waals surface area contributed by atoms with Gasteiger partial charge in [-0.05, 0) is 17.7 Å². The zero-order valence-corrected chi connectivity index (χ0v) is 9.90. The first-order chi connectivity index (χ1) is 9.47. The van der Waals surface area contributed by atoms with Crippen molar-refractivity contribution < 1.29 is 32.3 Å². The van der Waals surface area contributed by atoms with Crippen molar-refractivity contribution in [3.8, 4) is 0 Å². The van der Waals surface area contributed by atoms with Crippen LogP contribution in [0.2, 0.25) is 0 Å². The van der Waals surface area contributed by atoms with Crippen LogP contribution in [0, 0.1) is 17.5 Å². The minimum absolute atomic E-state index is 0.0966. The average molecular weight is 287 g/mol. The van der Waals surface area contributed by atoms with Crippen LogP contribution in [-0.2, 0) is 18.0 Å². The first-order valence-corrected chi connectivity index (χ1v) is 5.37. The number of aromatic carboxylic acids is 1. The predicted molar refractivity (Wildman–Crippen MR) is 58.3 cm³/mol. The Morgan fingerprint density at radius 3 is 2.40 bits per heavy atom. The van der Waals surface area contributed by atoms with Crippen molar-refractivity contribution in [3.05, 3.63) is 52.7 Å². The van der Waals surface area contributed by atoms with E-state index in [0.29, 0.717) is 0 Å². The molecule has 0 unspecified atom stereocenters. The molecule has 0 aliphatic heterocycles. The van der Waals surface area contributed by atoms with Crippen molar-refractivity contribution in [1.82, 2.24) is 5.16 Å². The molecule has 0 aliphatic rings. The van der Waals surface area contributed by atoms with Gasteiger partial charge in [-0.25, -0.2) is 18.0 Å². The predicted octanol–water partition coefficient (Wildman–Crippen LogP) is 2.51. The third-order valence-electron chi connectivity index (χ3n) is 2.33. The Labute approximate surface area is 110 Å². The van der Waals surface area contributed by atoms with Crippen LogP contribution in [0.3, 0.4) is 0 Å². The molecular formula is C12H8F3NO4. The second-order valence-corrected chi connectivity index (χ2v) is 3.85. The largest absolute Gasteiger partial charge is 0.476 e. The summed E-state index contributed by atoms with van der Waals surface area (Å²) >= 11 is 0. The monoisotopic (exact) mass is 287 g/mol. The van der Waals surface area contributed by atoms with Gasteiger partial charge < -0.3 is 14.4 Å². The SMILES string of the molecule is O=C(O)c1cc(COCc2cc(F)c(F)c(F)c2)on1.